The van der Waals surface area contributed by atoms with Gasteiger partial charge >= 0.3 is 5.97 Å². The number of aromatic nitrogens is 1. The molecule has 116 valence electrons. The number of hydrogen-bond donors (Lipinski definition) is 2. The number of benzene rings is 1. The fourth-order valence-electron chi connectivity index (χ4n) is 3.26. The summed E-state index contributed by atoms with van der Waals surface area (Å²) in [6.45, 7) is 0.233. The molecule has 2 aromatic rings. The van der Waals surface area contributed by atoms with Crippen LogP contribution in [0.1, 0.15) is 31.2 Å². The zero-order valence-electron chi connectivity index (χ0n) is 12.4. The van der Waals surface area contributed by atoms with Gasteiger partial charge in [-0.2, -0.15) is 0 Å². The third-order valence-corrected chi connectivity index (χ3v) is 4.25. The zero-order valence-corrected chi connectivity index (χ0v) is 12.4. The fraction of sp³-hybridized carbons (Fsp3) is 0.412. The van der Waals surface area contributed by atoms with Crippen molar-refractivity contribution in [2.24, 2.45) is 0 Å². The lowest BCUT2D eigenvalue weighted by molar-refractivity contribution is -0.136. The number of aliphatic carboxylic acids is 1. The Balaban J connectivity index is 1.80. The van der Waals surface area contributed by atoms with Crippen LogP contribution >= 0.6 is 0 Å². The van der Waals surface area contributed by atoms with E-state index in [4.69, 9.17) is 5.11 Å². The van der Waals surface area contributed by atoms with E-state index in [1.54, 1.807) is 6.20 Å². The van der Waals surface area contributed by atoms with Crippen LogP contribution in [0.2, 0.25) is 0 Å². The molecule has 0 atom stereocenters. The van der Waals surface area contributed by atoms with E-state index in [9.17, 15) is 9.59 Å². The van der Waals surface area contributed by atoms with E-state index in [1.165, 1.54) is 12.8 Å². The molecule has 0 bridgehead atoms. The van der Waals surface area contributed by atoms with Crippen molar-refractivity contribution in [3.63, 3.8) is 0 Å². The maximum absolute atomic E-state index is 12.2. The van der Waals surface area contributed by atoms with Crippen molar-refractivity contribution in [2.45, 2.75) is 44.7 Å². The Morgan fingerprint density at radius 3 is 2.68 bits per heavy atom. The summed E-state index contributed by atoms with van der Waals surface area (Å²) >= 11 is 0. The minimum atomic E-state index is -0.863. The highest BCUT2D eigenvalue weighted by atomic mass is 16.4. The molecule has 1 saturated carbocycles. The molecule has 1 aliphatic rings. The molecule has 1 fully saturated rings. The van der Waals surface area contributed by atoms with Crippen LogP contribution < -0.4 is 5.32 Å². The minimum absolute atomic E-state index is 0.00507. The molecule has 0 saturated heterocycles. The Bertz CT molecular complexity index is 699. The molecular formula is C17H20N2O3. The lowest BCUT2D eigenvalue weighted by atomic mass is 10.1. The normalized spacial score (nSPS) is 15.3. The molecule has 1 heterocycles. The van der Waals surface area contributed by atoms with Crippen molar-refractivity contribution >= 4 is 22.8 Å². The first-order chi connectivity index (χ1) is 10.6. The summed E-state index contributed by atoms with van der Waals surface area (Å²) in [5.41, 5.74) is 1.65. The van der Waals surface area contributed by atoms with Gasteiger partial charge in [-0.1, -0.05) is 31.0 Å². The van der Waals surface area contributed by atoms with Crippen LogP contribution in [-0.2, 0) is 22.6 Å². The fourth-order valence-corrected chi connectivity index (χ4v) is 3.26. The molecule has 1 aromatic heterocycles. The Kier molecular flexibility index (Phi) is 4.13. The van der Waals surface area contributed by atoms with Crippen molar-refractivity contribution in [3.8, 4) is 0 Å². The largest absolute Gasteiger partial charge is 0.481 e. The highest BCUT2D eigenvalue weighted by molar-refractivity contribution is 5.89. The summed E-state index contributed by atoms with van der Waals surface area (Å²) in [6.07, 6.45) is 6.23. The first kappa shape index (κ1) is 14.6. The average molecular weight is 300 g/mol. The van der Waals surface area contributed by atoms with Crippen molar-refractivity contribution in [3.05, 3.63) is 36.0 Å². The Morgan fingerprint density at radius 1 is 1.23 bits per heavy atom. The van der Waals surface area contributed by atoms with Gasteiger partial charge in [0.05, 0.1) is 6.42 Å². The summed E-state index contributed by atoms with van der Waals surface area (Å²) in [4.78, 5) is 23.2. The second-order valence-electron chi connectivity index (χ2n) is 5.92. The van der Waals surface area contributed by atoms with Crippen LogP contribution in [-0.4, -0.2) is 27.6 Å². The number of carbonyl (C=O) groups is 2. The molecular weight excluding hydrogens is 280 g/mol. The second kappa shape index (κ2) is 6.22. The van der Waals surface area contributed by atoms with Gasteiger partial charge < -0.3 is 15.0 Å². The van der Waals surface area contributed by atoms with Crippen molar-refractivity contribution in [1.29, 1.82) is 0 Å². The molecule has 3 rings (SSSR count). The van der Waals surface area contributed by atoms with E-state index in [-0.39, 0.29) is 18.9 Å². The lowest BCUT2D eigenvalue weighted by Crippen LogP contribution is -2.35. The number of carbonyl (C=O) groups excluding carboxylic acids is 1. The first-order valence-corrected chi connectivity index (χ1v) is 7.71. The van der Waals surface area contributed by atoms with Crippen LogP contribution in [0.15, 0.2) is 30.5 Å². The summed E-state index contributed by atoms with van der Waals surface area (Å²) in [5.74, 6) is -0.868. The topological polar surface area (TPSA) is 71.3 Å². The molecule has 0 spiro atoms. The summed E-state index contributed by atoms with van der Waals surface area (Å²) < 4.78 is 1.85. The zero-order chi connectivity index (χ0) is 15.5. The number of rotatable bonds is 5. The highest BCUT2D eigenvalue weighted by Crippen LogP contribution is 2.22. The van der Waals surface area contributed by atoms with Crippen LogP contribution in [0.25, 0.3) is 10.9 Å². The molecule has 0 radical (unpaired) electrons. The number of hydrogen-bond acceptors (Lipinski definition) is 2. The number of carboxylic acid groups (broad SMARTS) is 1. The van der Waals surface area contributed by atoms with Crippen molar-refractivity contribution < 1.29 is 14.7 Å². The first-order valence-electron chi connectivity index (χ1n) is 7.71. The van der Waals surface area contributed by atoms with Crippen molar-refractivity contribution in [2.75, 3.05) is 0 Å². The molecule has 2 N–H and O–H groups in total. The molecule has 1 amide bonds. The summed E-state index contributed by atoms with van der Waals surface area (Å²) in [7, 11) is 0. The number of fused-ring (bicyclic) bond motifs is 1. The van der Waals surface area contributed by atoms with Crippen LogP contribution in [0.5, 0.6) is 0 Å². The predicted molar refractivity (Wildman–Crippen MR) is 83.7 cm³/mol. The molecule has 1 aliphatic carbocycles. The summed E-state index contributed by atoms with van der Waals surface area (Å²) in [5, 5.41) is 13.0. The van der Waals surface area contributed by atoms with E-state index in [1.807, 2.05) is 28.8 Å². The molecule has 1 aromatic carbocycles. The Hall–Kier alpha value is -2.30. The van der Waals surface area contributed by atoms with E-state index in [0.717, 1.165) is 29.3 Å². The maximum atomic E-state index is 12.2. The second-order valence-corrected chi connectivity index (χ2v) is 5.92. The Morgan fingerprint density at radius 2 is 1.95 bits per heavy atom. The van der Waals surface area contributed by atoms with Gasteiger partial charge in [-0.25, -0.2) is 0 Å². The van der Waals surface area contributed by atoms with Crippen LogP contribution in [0, 0.1) is 0 Å². The van der Waals surface area contributed by atoms with Crippen molar-refractivity contribution in [1.82, 2.24) is 9.88 Å². The number of amides is 1. The van der Waals surface area contributed by atoms with Gasteiger partial charge in [0.1, 0.15) is 6.54 Å². The van der Waals surface area contributed by atoms with Gasteiger partial charge in [0.15, 0.2) is 0 Å². The van der Waals surface area contributed by atoms with E-state index < -0.39 is 5.97 Å². The van der Waals surface area contributed by atoms with Crippen LogP contribution in [0.3, 0.4) is 0 Å². The van der Waals surface area contributed by atoms with Gasteiger partial charge in [-0.05, 0) is 24.5 Å². The number of para-hydroxylation sites is 1. The van der Waals surface area contributed by atoms with E-state index >= 15 is 0 Å². The van der Waals surface area contributed by atoms with Gasteiger partial charge in [-0.15, -0.1) is 0 Å². The van der Waals surface area contributed by atoms with E-state index in [0.29, 0.717) is 6.04 Å². The quantitative estimate of drug-likeness (QED) is 0.890. The molecule has 0 aliphatic heterocycles. The summed E-state index contributed by atoms with van der Waals surface area (Å²) in [6, 6.07) is 7.91. The Labute approximate surface area is 128 Å². The molecule has 5 heteroatoms. The van der Waals surface area contributed by atoms with Gasteiger partial charge in [0, 0.05) is 23.1 Å². The lowest BCUT2D eigenvalue weighted by Gasteiger charge is -2.12. The SMILES string of the molecule is O=C(O)Cc1cn(CC(=O)NC2CCCC2)c2ccccc12. The standard InChI is InChI=1S/C17H20N2O3/c20-16(18-13-5-1-2-6-13)11-19-10-12(9-17(21)22)14-7-3-4-8-15(14)19/h3-4,7-8,10,13H,1-2,5-6,9,11H2,(H,18,20)(H,21,22). The number of nitrogens with one attached hydrogen (secondary N) is 1. The maximum Gasteiger partial charge on any atom is 0.307 e. The van der Waals surface area contributed by atoms with Crippen LogP contribution in [0.4, 0.5) is 0 Å². The average Bonchev–Trinajstić information content (AvgIpc) is 3.08. The highest BCUT2D eigenvalue weighted by Gasteiger charge is 2.18. The van der Waals surface area contributed by atoms with Gasteiger partial charge in [0.25, 0.3) is 0 Å². The third kappa shape index (κ3) is 3.13. The van der Waals surface area contributed by atoms with E-state index in [2.05, 4.69) is 5.32 Å². The molecule has 22 heavy (non-hydrogen) atoms. The van der Waals surface area contributed by atoms with Gasteiger partial charge in [0.2, 0.25) is 5.91 Å². The number of nitrogens with zero attached hydrogens (tertiary/aromatic N) is 1. The monoisotopic (exact) mass is 300 g/mol. The third-order valence-electron chi connectivity index (χ3n) is 4.25. The number of carboxylic acids is 1. The predicted octanol–water partition coefficient (Wildman–Crippen LogP) is 2.33. The molecule has 5 nitrogen and oxygen atoms in total. The minimum Gasteiger partial charge on any atom is -0.481 e. The smallest absolute Gasteiger partial charge is 0.307 e. The van der Waals surface area contributed by atoms with Gasteiger partial charge in [-0.3, -0.25) is 9.59 Å². The molecule has 0 unspecified atom stereocenters.